The van der Waals surface area contributed by atoms with Gasteiger partial charge in [0.15, 0.2) is 6.10 Å². The lowest BCUT2D eigenvalue weighted by atomic mass is 9.85. The van der Waals surface area contributed by atoms with Crippen molar-refractivity contribution in [3.8, 4) is 0 Å². The number of unbranched alkanes of at least 4 members (excludes halogenated alkanes) is 23. The lowest BCUT2D eigenvalue weighted by molar-refractivity contribution is -0.220. The van der Waals surface area contributed by atoms with Crippen molar-refractivity contribution in [2.24, 2.45) is 0 Å². The van der Waals surface area contributed by atoms with E-state index in [4.69, 9.17) is 18.5 Å². The van der Waals surface area contributed by atoms with Gasteiger partial charge in [0.25, 0.3) is 0 Å². The van der Waals surface area contributed by atoms with E-state index in [0.29, 0.717) is 12.8 Å². The Hall–Kier alpha value is -1.41. The number of aliphatic hydroxyl groups excluding tert-OH is 5. The van der Waals surface area contributed by atoms with E-state index in [1.54, 1.807) is 0 Å². The van der Waals surface area contributed by atoms with Crippen LogP contribution in [0.1, 0.15) is 194 Å². The average Bonchev–Trinajstić information content (AvgIpc) is 3.19. The number of aliphatic hydroxyl groups is 5. The lowest BCUT2D eigenvalue weighted by Crippen LogP contribution is -2.64. The summed E-state index contributed by atoms with van der Waals surface area (Å²) in [6.45, 7) is 3.27. The fourth-order valence-electron chi connectivity index (χ4n) is 6.93. The standard InChI is InChI=1S/C43H81O13P/c1-3-5-7-9-11-13-15-17-18-19-20-22-23-25-27-29-31-36(44)53-33-35(55-37(45)32-30-28-26-24-21-16-14-12-10-8-6-4-2)34-54-57(51,52)56-43-41(49)39(47)38(46)40(48)42(43)50/h12,14,35,38-43,46-50H,3-11,13,15-34H2,1-2H3,(H,51,52)/b14-12+/t35-,38?,39-,40?,41?,42?,43?/m0/s1. The van der Waals surface area contributed by atoms with Crippen LogP contribution < -0.4 is 0 Å². The first kappa shape index (κ1) is 53.6. The van der Waals surface area contributed by atoms with Crippen LogP contribution in [-0.2, 0) is 32.7 Å². The lowest BCUT2D eigenvalue weighted by Gasteiger charge is -2.41. The summed E-state index contributed by atoms with van der Waals surface area (Å²) in [5, 5.41) is 50.1. The topological polar surface area (TPSA) is 210 Å². The maximum Gasteiger partial charge on any atom is 0.472 e. The zero-order valence-corrected chi connectivity index (χ0v) is 36.3. The fraction of sp³-hybridized carbons (Fsp3) is 0.907. The number of allylic oxidation sites excluding steroid dienone is 2. The summed E-state index contributed by atoms with van der Waals surface area (Å²) in [7, 11) is -5.11. The van der Waals surface area contributed by atoms with E-state index in [9.17, 15) is 44.6 Å². The van der Waals surface area contributed by atoms with Crippen LogP contribution in [0.4, 0.5) is 0 Å². The van der Waals surface area contributed by atoms with Crippen molar-refractivity contribution in [2.45, 2.75) is 236 Å². The van der Waals surface area contributed by atoms with E-state index in [-0.39, 0.29) is 12.8 Å². The van der Waals surface area contributed by atoms with Crippen molar-refractivity contribution in [3.05, 3.63) is 12.2 Å². The molecular weight excluding hydrogens is 755 g/mol. The van der Waals surface area contributed by atoms with Crippen molar-refractivity contribution >= 4 is 19.8 Å². The zero-order valence-electron chi connectivity index (χ0n) is 35.4. The van der Waals surface area contributed by atoms with E-state index < -0.39 is 75.7 Å². The van der Waals surface area contributed by atoms with E-state index in [0.717, 1.165) is 57.8 Å². The van der Waals surface area contributed by atoms with Gasteiger partial charge in [-0.05, 0) is 38.5 Å². The molecule has 0 radical (unpaired) electrons. The minimum absolute atomic E-state index is 0.0901. The smallest absolute Gasteiger partial charge is 0.462 e. The third-order valence-corrected chi connectivity index (χ3v) is 11.6. The highest BCUT2D eigenvalue weighted by molar-refractivity contribution is 7.47. The molecule has 336 valence electrons. The first-order valence-corrected chi connectivity index (χ1v) is 24.0. The van der Waals surface area contributed by atoms with Crippen LogP contribution in [0.5, 0.6) is 0 Å². The zero-order chi connectivity index (χ0) is 42.2. The molecule has 6 N–H and O–H groups in total. The molecule has 0 spiro atoms. The Morgan fingerprint density at radius 2 is 0.895 bits per heavy atom. The van der Waals surface area contributed by atoms with Crippen LogP contribution in [0.25, 0.3) is 0 Å². The molecule has 0 aromatic carbocycles. The van der Waals surface area contributed by atoms with Gasteiger partial charge in [-0.1, -0.05) is 154 Å². The molecule has 0 aromatic rings. The van der Waals surface area contributed by atoms with Crippen LogP contribution >= 0.6 is 7.82 Å². The maximum absolute atomic E-state index is 12.8. The molecule has 1 rings (SSSR count). The van der Waals surface area contributed by atoms with Crippen LogP contribution in [0.3, 0.4) is 0 Å². The Kier molecular flexibility index (Phi) is 32.3. The van der Waals surface area contributed by atoms with Crippen LogP contribution in [0, 0.1) is 0 Å². The highest BCUT2D eigenvalue weighted by Crippen LogP contribution is 2.47. The van der Waals surface area contributed by atoms with Crippen molar-refractivity contribution in [2.75, 3.05) is 13.2 Å². The predicted octanol–water partition coefficient (Wildman–Crippen LogP) is 8.28. The molecule has 0 aromatic heterocycles. The molecule has 13 nitrogen and oxygen atoms in total. The average molecular weight is 837 g/mol. The molecule has 0 bridgehead atoms. The highest BCUT2D eigenvalue weighted by Gasteiger charge is 2.51. The Morgan fingerprint density at radius 3 is 1.37 bits per heavy atom. The number of phosphoric ester groups is 1. The first-order chi connectivity index (χ1) is 27.4. The second-order valence-corrected chi connectivity index (χ2v) is 17.3. The van der Waals surface area contributed by atoms with Gasteiger partial charge in [0.05, 0.1) is 6.61 Å². The quantitative estimate of drug-likeness (QED) is 0.0151. The van der Waals surface area contributed by atoms with E-state index in [1.165, 1.54) is 96.3 Å². The number of phosphoric acid groups is 1. The molecule has 0 saturated heterocycles. The summed E-state index contributed by atoms with van der Waals surface area (Å²) in [6, 6.07) is 0. The number of ether oxygens (including phenoxy) is 2. The number of carbonyl (C=O) groups excluding carboxylic acids is 2. The highest BCUT2D eigenvalue weighted by atomic mass is 31.2. The third-order valence-electron chi connectivity index (χ3n) is 10.6. The molecule has 14 heteroatoms. The van der Waals surface area contributed by atoms with Crippen molar-refractivity contribution < 1.29 is 63.1 Å². The summed E-state index contributed by atoms with van der Waals surface area (Å²) in [4.78, 5) is 35.6. The summed E-state index contributed by atoms with van der Waals surface area (Å²) < 4.78 is 33.5. The number of esters is 2. The number of hydrogen-bond donors (Lipinski definition) is 6. The Morgan fingerprint density at radius 1 is 0.526 bits per heavy atom. The normalized spacial score (nSPS) is 22.7. The summed E-state index contributed by atoms with van der Waals surface area (Å²) in [5.41, 5.74) is 0. The molecule has 1 aliphatic rings. The van der Waals surface area contributed by atoms with Crippen molar-refractivity contribution in [1.29, 1.82) is 0 Å². The van der Waals surface area contributed by atoms with Crippen LogP contribution in [-0.4, -0.2) is 98.3 Å². The van der Waals surface area contributed by atoms with Crippen LogP contribution in [0.2, 0.25) is 0 Å². The largest absolute Gasteiger partial charge is 0.472 e. The Bertz CT molecular complexity index is 1060. The Labute approximate surface area is 343 Å². The molecular formula is C43H81O13P. The fourth-order valence-corrected chi connectivity index (χ4v) is 7.90. The summed E-state index contributed by atoms with van der Waals surface area (Å²) >= 11 is 0. The predicted molar refractivity (Wildman–Crippen MR) is 221 cm³/mol. The van der Waals surface area contributed by atoms with Crippen molar-refractivity contribution in [1.82, 2.24) is 0 Å². The molecule has 1 saturated carbocycles. The van der Waals surface area contributed by atoms with Crippen molar-refractivity contribution in [3.63, 3.8) is 0 Å². The number of hydrogen-bond acceptors (Lipinski definition) is 12. The van der Waals surface area contributed by atoms with Gasteiger partial charge in [0, 0.05) is 12.8 Å². The summed E-state index contributed by atoms with van der Waals surface area (Å²) in [6.07, 6.45) is 21.3. The molecule has 0 aliphatic heterocycles. The van der Waals surface area contributed by atoms with Gasteiger partial charge in [-0.25, -0.2) is 4.57 Å². The SMILES string of the molecule is CCCCC/C=C/CCCCCCCC(=O)O[C@@H](COC(=O)CCCCCCCCCCCCCCCCCC)COP(=O)(O)OC1C(O)C(O)C(O)[C@H](O)C1O. The molecule has 0 heterocycles. The minimum Gasteiger partial charge on any atom is -0.462 e. The number of carbonyl (C=O) groups is 2. The molecule has 57 heavy (non-hydrogen) atoms. The molecule has 1 aliphatic carbocycles. The van der Waals surface area contributed by atoms with E-state index >= 15 is 0 Å². The van der Waals surface area contributed by atoms with Gasteiger partial charge in [-0.2, -0.15) is 0 Å². The van der Waals surface area contributed by atoms with Crippen LogP contribution in [0.15, 0.2) is 12.2 Å². The van der Waals surface area contributed by atoms with Gasteiger partial charge < -0.3 is 39.9 Å². The first-order valence-electron chi connectivity index (χ1n) is 22.5. The minimum atomic E-state index is -5.11. The third kappa shape index (κ3) is 27.1. The monoisotopic (exact) mass is 837 g/mol. The van der Waals surface area contributed by atoms with E-state index in [2.05, 4.69) is 26.0 Å². The van der Waals surface area contributed by atoms with Gasteiger partial charge in [0.1, 0.15) is 43.2 Å². The molecule has 0 amide bonds. The van der Waals surface area contributed by atoms with Gasteiger partial charge in [0.2, 0.25) is 0 Å². The van der Waals surface area contributed by atoms with Gasteiger partial charge >= 0.3 is 19.8 Å². The van der Waals surface area contributed by atoms with Gasteiger partial charge in [-0.15, -0.1) is 0 Å². The molecule has 1 fully saturated rings. The molecule has 8 atom stereocenters. The van der Waals surface area contributed by atoms with Gasteiger partial charge in [-0.3, -0.25) is 18.6 Å². The maximum atomic E-state index is 12.8. The second-order valence-electron chi connectivity index (χ2n) is 15.9. The summed E-state index contributed by atoms with van der Waals surface area (Å²) in [5.74, 6) is -1.10. The second kappa shape index (κ2) is 34.3. The number of rotatable bonds is 37. The molecule has 6 unspecified atom stereocenters. The van der Waals surface area contributed by atoms with E-state index in [1.807, 2.05) is 0 Å². The Balaban J connectivity index is 2.45.